The SMILES string of the molecule is CC(=O)NCc1ccc([C@H]2CCCN2c2nc(C)ccc2C#N)o1. The van der Waals surface area contributed by atoms with Gasteiger partial charge in [-0.15, -0.1) is 0 Å². The van der Waals surface area contributed by atoms with Crippen molar-refractivity contribution < 1.29 is 9.21 Å². The largest absolute Gasteiger partial charge is 0.462 e. The van der Waals surface area contributed by atoms with Gasteiger partial charge in [-0.25, -0.2) is 4.98 Å². The van der Waals surface area contributed by atoms with E-state index in [-0.39, 0.29) is 11.9 Å². The number of rotatable bonds is 4. The number of hydrogen-bond acceptors (Lipinski definition) is 5. The molecule has 0 aliphatic carbocycles. The summed E-state index contributed by atoms with van der Waals surface area (Å²) in [6.45, 7) is 4.63. The highest BCUT2D eigenvalue weighted by Crippen LogP contribution is 2.37. The molecule has 1 amide bonds. The maximum Gasteiger partial charge on any atom is 0.217 e. The minimum Gasteiger partial charge on any atom is -0.462 e. The predicted molar refractivity (Wildman–Crippen MR) is 89.2 cm³/mol. The molecular formula is C18H20N4O2. The molecule has 24 heavy (non-hydrogen) atoms. The van der Waals surface area contributed by atoms with Gasteiger partial charge < -0.3 is 14.6 Å². The second-order valence-corrected chi connectivity index (χ2v) is 6.00. The average molecular weight is 324 g/mol. The minimum absolute atomic E-state index is 0.0671. The summed E-state index contributed by atoms with van der Waals surface area (Å²) in [7, 11) is 0. The summed E-state index contributed by atoms with van der Waals surface area (Å²) in [5, 5.41) is 12.1. The van der Waals surface area contributed by atoms with Crippen LogP contribution in [-0.2, 0) is 11.3 Å². The number of hydrogen-bond donors (Lipinski definition) is 1. The number of aryl methyl sites for hydroxylation is 1. The van der Waals surface area contributed by atoms with Crippen molar-refractivity contribution in [3.8, 4) is 6.07 Å². The Morgan fingerprint density at radius 2 is 2.29 bits per heavy atom. The molecule has 2 aromatic heterocycles. The van der Waals surface area contributed by atoms with Gasteiger partial charge in [0.05, 0.1) is 18.2 Å². The topological polar surface area (TPSA) is 82.2 Å². The van der Waals surface area contributed by atoms with Crippen LogP contribution in [0.5, 0.6) is 0 Å². The Balaban J connectivity index is 1.85. The third kappa shape index (κ3) is 3.25. The number of nitrogens with zero attached hydrogens (tertiary/aromatic N) is 3. The first-order chi connectivity index (χ1) is 11.6. The van der Waals surface area contributed by atoms with E-state index in [0.29, 0.717) is 12.1 Å². The van der Waals surface area contributed by atoms with Gasteiger partial charge in [0.2, 0.25) is 5.91 Å². The van der Waals surface area contributed by atoms with Crippen LogP contribution in [0.15, 0.2) is 28.7 Å². The molecule has 1 N–H and O–H groups in total. The Morgan fingerprint density at radius 1 is 1.46 bits per heavy atom. The molecule has 0 aromatic carbocycles. The molecule has 0 bridgehead atoms. The molecule has 0 saturated carbocycles. The minimum atomic E-state index is -0.0851. The average Bonchev–Trinajstić information content (AvgIpc) is 3.21. The van der Waals surface area contributed by atoms with Crippen molar-refractivity contribution in [2.24, 2.45) is 0 Å². The second-order valence-electron chi connectivity index (χ2n) is 6.00. The van der Waals surface area contributed by atoms with Crippen LogP contribution in [-0.4, -0.2) is 17.4 Å². The number of nitriles is 1. The van der Waals surface area contributed by atoms with E-state index in [4.69, 9.17) is 4.42 Å². The van der Waals surface area contributed by atoms with E-state index in [1.807, 2.05) is 31.2 Å². The Hall–Kier alpha value is -2.81. The molecule has 1 saturated heterocycles. The molecule has 6 nitrogen and oxygen atoms in total. The molecule has 2 aromatic rings. The molecule has 3 rings (SSSR count). The molecule has 1 fully saturated rings. The maximum absolute atomic E-state index is 11.0. The first-order valence-corrected chi connectivity index (χ1v) is 8.06. The number of nitrogens with one attached hydrogen (secondary N) is 1. The van der Waals surface area contributed by atoms with E-state index in [1.54, 1.807) is 0 Å². The van der Waals surface area contributed by atoms with Crippen LogP contribution in [0.4, 0.5) is 5.82 Å². The summed E-state index contributed by atoms with van der Waals surface area (Å²) in [5.74, 6) is 2.21. The van der Waals surface area contributed by atoms with Gasteiger partial charge in [0.25, 0.3) is 0 Å². The lowest BCUT2D eigenvalue weighted by Gasteiger charge is -2.25. The Kier molecular flexibility index (Phi) is 4.52. The highest BCUT2D eigenvalue weighted by atomic mass is 16.3. The van der Waals surface area contributed by atoms with Gasteiger partial charge in [-0.05, 0) is 44.0 Å². The van der Waals surface area contributed by atoms with E-state index in [9.17, 15) is 10.1 Å². The fourth-order valence-electron chi connectivity index (χ4n) is 3.05. The lowest BCUT2D eigenvalue weighted by molar-refractivity contribution is -0.119. The monoisotopic (exact) mass is 324 g/mol. The number of furan rings is 1. The van der Waals surface area contributed by atoms with Gasteiger partial charge in [0.1, 0.15) is 23.4 Å². The van der Waals surface area contributed by atoms with Crippen LogP contribution in [0.2, 0.25) is 0 Å². The van der Waals surface area contributed by atoms with Crippen molar-refractivity contribution in [2.45, 2.75) is 39.3 Å². The van der Waals surface area contributed by atoms with E-state index in [1.165, 1.54) is 6.92 Å². The van der Waals surface area contributed by atoms with E-state index < -0.39 is 0 Å². The third-order valence-electron chi connectivity index (χ3n) is 4.18. The van der Waals surface area contributed by atoms with Crippen molar-refractivity contribution in [2.75, 3.05) is 11.4 Å². The Bertz CT molecular complexity index is 791. The number of anilines is 1. The number of aromatic nitrogens is 1. The zero-order valence-corrected chi connectivity index (χ0v) is 13.9. The normalized spacial score (nSPS) is 16.9. The summed E-state index contributed by atoms with van der Waals surface area (Å²) in [6.07, 6.45) is 1.97. The molecule has 0 unspecified atom stereocenters. The van der Waals surface area contributed by atoms with Crippen LogP contribution < -0.4 is 10.2 Å². The molecule has 1 aliphatic rings. The van der Waals surface area contributed by atoms with Gasteiger partial charge in [-0.3, -0.25) is 4.79 Å². The number of pyridine rings is 1. The van der Waals surface area contributed by atoms with E-state index in [0.717, 1.165) is 42.4 Å². The van der Waals surface area contributed by atoms with E-state index >= 15 is 0 Å². The summed E-state index contributed by atoms with van der Waals surface area (Å²) >= 11 is 0. The molecule has 124 valence electrons. The Morgan fingerprint density at radius 3 is 3.04 bits per heavy atom. The van der Waals surface area contributed by atoms with E-state index in [2.05, 4.69) is 21.3 Å². The van der Waals surface area contributed by atoms with Crippen LogP contribution >= 0.6 is 0 Å². The molecule has 6 heteroatoms. The number of carbonyl (C=O) groups excluding carboxylic acids is 1. The lowest BCUT2D eigenvalue weighted by atomic mass is 10.1. The summed E-state index contributed by atoms with van der Waals surface area (Å²) < 4.78 is 5.91. The van der Waals surface area contributed by atoms with Crippen LogP contribution in [0, 0.1) is 18.3 Å². The highest BCUT2D eigenvalue weighted by molar-refractivity contribution is 5.72. The zero-order chi connectivity index (χ0) is 17.1. The molecule has 0 radical (unpaired) electrons. The maximum atomic E-state index is 11.0. The summed E-state index contributed by atoms with van der Waals surface area (Å²) in [4.78, 5) is 17.7. The standard InChI is InChI=1S/C18H20N4O2/c1-12-5-6-14(10-19)18(21-12)22-9-3-4-16(22)17-8-7-15(24-17)11-20-13(2)23/h5-8,16H,3-4,9,11H2,1-2H3,(H,20,23)/t16-/m1/s1. The van der Waals surface area contributed by atoms with Gasteiger partial charge in [-0.1, -0.05) is 0 Å². The molecule has 1 atom stereocenters. The van der Waals surface area contributed by atoms with Crippen molar-refractivity contribution in [3.05, 3.63) is 47.0 Å². The smallest absolute Gasteiger partial charge is 0.217 e. The summed E-state index contributed by atoms with van der Waals surface area (Å²) in [5.41, 5.74) is 1.47. The quantitative estimate of drug-likeness (QED) is 0.935. The van der Waals surface area contributed by atoms with Crippen molar-refractivity contribution >= 4 is 11.7 Å². The number of amides is 1. The van der Waals surface area contributed by atoms with Crippen LogP contribution in [0.25, 0.3) is 0 Å². The van der Waals surface area contributed by atoms with Gasteiger partial charge in [-0.2, -0.15) is 5.26 Å². The molecule has 3 heterocycles. The third-order valence-corrected chi connectivity index (χ3v) is 4.18. The first-order valence-electron chi connectivity index (χ1n) is 8.06. The lowest BCUT2D eigenvalue weighted by Crippen LogP contribution is -2.24. The summed E-state index contributed by atoms with van der Waals surface area (Å²) in [6, 6.07) is 9.80. The second kappa shape index (κ2) is 6.75. The van der Waals surface area contributed by atoms with Crippen molar-refractivity contribution in [1.29, 1.82) is 5.26 Å². The zero-order valence-electron chi connectivity index (χ0n) is 13.9. The van der Waals surface area contributed by atoms with Crippen LogP contribution in [0.3, 0.4) is 0 Å². The fourth-order valence-corrected chi connectivity index (χ4v) is 3.05. The number of carbonyl (C=O) groups is 1. The van der Waals surface area contributed by atoms with Crippen molar-refractivity contribution in [1.82, 2.24) is 10.3 Å². The molecular weight excluding hydrogens is 304 g/mol. The fraction of sp³-hybridized carbons (Fsp3) is 0.389. The molecule has 1 aliphatic heterocycles. The first kappa shape index (κ1) is 16.1. The van der Waals surface area contributed by atoms with Crippen LogP contribution in [0.1, 0.15) is 48.6 Å². The highest BCUT2D eigenvalue weighted by Gasteiger charge is 2.31. The predicted octanol–water partition coefficient (Wildman–Crippen LogP) is 2.83. The van der Waals surface area contributed by atoms with Crippen molar-refractivity contribution in [3.63, 3.8) is 0 Å². The van der Waals surface area contributed by atoms with Gasteiger partial charge in [0, 0.05) is 19.2 Å². The molecule has 0 spiro atoms. The van der Waals surface area contributed by atoms with Gasteiger partial charge in [0.15, 0.2) is 0 Å². The van der Waals surface area contributed by atoms with Gasteiger partial charge >= 0.3 is 0 Å². The Labute approximate surface area is 141 Å².